The van der Waals surface area contributed by atoms with Crippen LogP contribution in [0, 0.1) is 11.3 Å². The molecule has 0 aliphatic heterocycles. The number of nitrogens with zero attached hydrogens (tertiary/aromatic N) is 3. The number of thiophene rings is 1. The molecule has 4 rings (SSSR count). The molecule has 0 radical (unpaired) electrons. The third-order valence-corrected chi connectivity index (χ3v) is 7.30. The normalized spacial score (nSPS) is 16.2. The Morgan fingerprint density at radius 1 is 1.26 bits per heavy atom. The maximum Gasteiger partial charge on any atom is 0.279 e. The predicted molar refractivity (Wildman–Crippen MR) is 121 cm³/mol. The number of ketones is 1. The second-order valence-corrected chi connectivity index (χ2v) is 10.1. The number of fused-ring (bicyclic) bond motifs is 3. The van der Waals surface area contributed by atoms with Crippen LogP contribution in [0.5, 0.6) is 11.5 Å². The minimum atomic E-state index is -0.271. The Bertz CT molecular complexity index is 1210. The number of hydrogen-bond donors (Lipinski definition) is 0. The van der Waals surface area contributed by atoms with Crippen LogP contribution in [0.25, 0.3) is 10.2 Å². The van der Waals surface area contributed by atoms with Gasteiger partial charge in [-0.15, -0.1) is 16.4 Å². The molecule has 0 fully saturated rings. The molecule has 1 aliphatic rings. The summed E-state index contributed by atoms with van der Waals surface area (Å²) in [4.78, 5) is 28.0. The molecule has 0 spiro atoms. The molecule has 31 heavy (non-hydrogen) atoms. The van der Waals surface area contributed by atoms with Crippen LogP contribution < -0.4 is 15.0 Å². The van der Waals surface area contributed by atoms with Gasteiger partial charge in [-0.3, -0.25) is 9.59 Å². The number of benzene rings is 1. The minimum absolute atomic E-state index is 0.195. The maximum absolute atomic E-state index is 13.2. The van der Waals surface area contributed by atoms with Gasteiger partial charge in [-0.25, -0.2) is 4.68 Å². The van der Waals surface area contributed by atoms with Crippen LogP contribution in [-0.4, -0.2) is 35.0 Å². The average Bonchev–Trinajstić information content (AvgIpc) is 3.13. The van der Waals surface area contributed by atoms with Gasteiger partial charge in [0, 0.05) is 10.9 Å². The third kappa shape index (κ3) is 3.96. The van der Waals surface area contributed by atoms with Crippen molar-refractivity contribution < 1.29 is 14.3 Å². The average molecular weight is 442 g/mol. The molecule has 164 valence electrons. The van der Waals surface area contributed by atoms with Crippen LogP contribution in [0.2, 0.25) is 0 Å². The van der Waals surface area contributed by atoms with E-state index in [9.17, 15) is 9.59 Å². The van der Waals surface area contributed by atoms with E-state index in [4.69, 9.17) is 9.47 Å². The highest BCUT2D eigenvalue weighted by atomic mass is 32.1. The molecule has 1 aromatic carbocycles. The number of methoxy groups -OCH3 is 2. The van der Waals surface area contributed by atoms with Gasteiger partial charge >= 0.3 is 0 Å². The van der Waals surface area contributed by atoms with E-state index in [1.807, 2.05) is 0 Å². The number of aryl methyl sites for hydroxylation is 1. The molecule has 2 heterocycles. The molecule has 1 unspecified atom stereocenters. The summed E-state index contributed by atoms with van der Waals surface area (Å²) in [5, 5.41) is 8.95. The topological polar surface area (TPSA) is 83.3 Å². The lowest BCUT2D eigenvalue weighted by molar-refractivity contribution is 0.0961. The number of Topliss-reactive ketones (excluding diaryl/α,β-unsaturated/α-hetero) is 1. The molecular formula is C23H27N3O4S. The SMILES string of the molecule is COc1ccc(C(=O)Cn2nnc3sc4c(c3c2=O)CCC(C(C)(C)C)C4)c(OC)c1. The first-order chi connectivity index (χ1) is 14.7. The zero-order valence-corrected chi connectivity index (χ0v) is 19.3. The smallest absolute Gasteiger partial charge is 0.279 e. The highest BCUT2D eigenvalue weighted by molar-refractivity contribution is 7.18. The van der Waals surface area contributed by atoms with Gasteiger partial charge in [0.2, 0.25) is 0 Å². The van der Waals surface area contributed by atoms with Crippen molar-refractivity contribution in [3.05, 3.63) is 44.6 Å². The monoisotopic (exact) mass is 441 g/mol. The van der Waals surface area contributed by atoms with Gasteiger partial charge in [-0.2, -0.15) is 0 Å². The molecule has 8 heteroatoms. The summed E-state index contributed by atoms with van der Waals surface area (Å²) in [6, 6.07) is 4.97. The number of carbonyl (C=O) groups excluding carboxylic acids is 1. The Hall–Kier alpha value is -2.74. The van der Waals surface area contributed by atoms with Gasteiger partial charge in [0.05, 0.1) is 25.2 Å². The van der Waals surface area contributed by atoms with Crippen molar-refractivity contribution in [2.24, 2.45) is 11.3 Å². The minimum Gasteiger partial charge on any atom is -0.497 e. The largest absolute Gasteiger partial charge is 0.497 e. The molecular weight excluding hydrogens is 414 g/mol. The second kappa shape index (κ2) is 8.07. The second-order valence-electron chi connectivity index (χ2n) is 9.03. The van der Waals surface area contributed by atoms with Crippen molar-refractivity contribution in [2.45, 2.75) is 46.6 Å². The predicted octanol–water partition coefficient (Wildman–Crippen LogP) is 3.90. The summed E-state index contributed by atoms with van der Waals surface area (Å²) < 4.78 is 11.7. The summed E-state index contributed by atoms with van der Waals surface area (Å²) in [5.41, 5.74) is 1.43. The van der Waals surface area contributed by atoms with Crippen LogP contribution in [0.15, 0.2) is 23.0 Å². The highest BCUT2D eigenvalue weighted by Crippen LogP contribution is 2.41. The van der Waals surface area contributed by atoms with E-state index >= 15 is 0 Å². The standard InChI is InChI=1S/C23H27N3O4S/c1-23(2,3)13-6-8-16-19(10-13)31-21-20(16)22(28)26(25-24-21)12-17(27)15-9-7-14(29-4)11-18(15)30-5/h7,9,11,13H,6,8,10,12H2,1-5H3. The van der Waals surface area contributed by atoms with Crippen molar-refractivity contribution in [3.63, 3.8) is 0 Å². The lowest BCUT2D eigenvalue weighted by atomic mass is 9.72. The van der Waals surface area contributed by atoms with E-state index in [2.05, 4.69) is 31.1 Å². The molecule has 1 aliphatic carbocycles. The molecule has 0 N–H and O–H groups in total. The molecule has 0 amide bonds. The molecule has 3 aromatic rings. The zero-order chi connectivity index (χ0) is 22.3. The van der Waals surface area contributed by atoms with E-state index < -0.39 is 0 Å². The fourth-order valence-corrected chi connectivity index (χ4v) is 5.45. The quantitative estimate of drug-likeness (QED) is 0.559. The van der Waals surface area contributed by atoms with Gasteiger partial charge in [0.1, 0.15) is 18.0 Å². The number of carbonyl (C=O) groups is 1. The first-order valence-electron chi connectivity index (χ1n) is 10.4. The zero-order valence-electron chi connectivity index (χ0n) is 18.5. The van der Waals surface area contributed by atoms with E-state index in [1.54, 1.807) is 36.6 Å². The Kier molecular flexibility index (Phi) is 5.60. The number of hydrogen-bond acceptors (Lipinski definition) is 7. The van der Waals surface area contributed by atoms with E-state index in [1.165, 1.54) is 12.0 Å². The van der Waals surface area contributed by atoms with Gasteiger partial charge in [-0.05, 0) is 48.3 Å². The molecule has 0 saturated heterocycles. The summed E-state index contributed by atoms with van der Waals surface area (Å²) in [6.07, 6.45) is 2.87. The summed E-state index contributed by atoms with van der Waals surface area (Å²) in [7, 11) is 3.04. The molecule has 0 bridgehead atoms. The summed E-state index contributed by atoms with van der Waals surface area (Å²) >= 11 is 1.56. The highest BCUT2D eigenvalue weighted by Gasteiger charge is 2.32. The first kappa shape index (κ1) is 21.5. The van der Waals surface area contributed by atoms with E-state index in [-0.39, 0.29) is 23.3 Å². The van der Waals surface area contributed by atoms with Crippen molar-refractivity contribution in [2.75, 3.05) is 14.2 Å². The van der Waals surface area contributed by atoms with Crippen LogP contribution in [-0.2, 0) is 19.4 Å². The van der Waals surface area contributed by atoms with Gasteiger partial charge in [-0.1, -0.05) is 26.0 Å². The van der Waals surface area contributed by atoms with E-state index in [0.29, 0.717) is 33.2 Å². The van der Waals surface area contributed by atoms with Gasteiger partial charge < -0.3 is 9.47 Å². The maximum atomic E-state index is 13.2. The summed E-state index contributed by atoms with van der Waals surface area (Å²) in [6.45, 7) is 6.60. The van der Waals surface area contributed by atoms with Crippen molar-refractivity contribution in [1.29, 1.82) is 0 Å². The lowest BCUT2D eigenvalue weighted by Gasteiger charge is -2.33. The number of rotatable bonds is 5. The molecule has 0 saturated carbocycles. The fraction of sp³-hybridized carbons (Fsp3) is 0.478. The van der Waals surface area contributed by atoms with Crippen LogP contribution >= 0.6 is 11.3 Å². The number of ether oxygens (including phenoxy) is 2. The van der Waals surface area contributed by atoms with Crippen molar-refractivity contribution >= 4 is 27.3 Å². The van der Waals surface area contributed by atoms with Crippen LogP contribution in [0.1, 0.15) is 48.0 Å². The van der Waals surface area contributed by atoms with Gasteiger partial charge in [0.25, 0.3) is 5.56 Å². The van der Waals surface area contributed by atoms with Crippen LogP contribution in [0.4, 0.5) is 0 Å². The third-order valence-electron chi connectivity index (χ3n) is 6.17. The summed E-state index contributed by atoms with van der Waals surface area (Å²) in [5.74, 6) is 1.29. The van der Waals surface area contributed by atoms with Crippen molar-refractivity contribution in [3.8, 4) is 11.5 Å². The Labute approximate surface area is 185 Å². The molecule has 7 nitrogen and oxygen atoms in total. The first-order valence-corrected chi connectivity index (χ1v) is 11.2. The molecule has 1 atom stereocenters. The van der Waals surface area contributed by atoms with Crippen molar-refractivity contribution in [1.82, 2.24) is 15.0 Å². The number of aromatic nitrogens is 3. The Morgan fingerprint density at radius 2 is 2.03 bits per heavy atom. The van der Waals surface area contributed by atoms with Crippen LogP contribution in [0.3, 0.4) is 0 Å². The van der Waals surface area contributed by atoms with Gasteiger partial charge in [0.15, 0.2) is 10.6 Å². The van der Waals surface area contributed by atoms with E-state index in [0.717, 1.165) is 29.5 Å². The Morgan fingerprint density at radius 3 is 2.71 bits per heavy atom. The molecule has 2 aromatic heterocycles. The fourth-order valence-electron chi connectivity index (χ4n) is 4.22. The lowest BCUT2D eigenvalue weighted by Crippen LogP contribution is -2.29. The Balaban J connectivity index is 1.67.